The largest absolute Gasteiger partial charge is 0.482 e. The number of halogens is 2. The first kappa shape index (κ1) is 14.0. The van der Waals surface area contributed by atoms with E-state index < -0.39 is 12.0 Å². The van der Waals surface area contributed by atoms with Crippen LogP contribution in [-0.4, -0.2) is 12.0 Å². The molecule has 0 aliphatic carbocycles. The van der Waals surface area contributed by atoms with Gasteiger partial charge in [-0.15, -0.1) is 0 Å². The van der Waals surface area contributed by atoms with Crippen molar-refractivity contribution in [3.8, 4) is 11.8 Å². The summed E-state index contributed by atoms with van der Waals surface area (Å²) in [4.78, 5) is 12.9. The molecule has 1 amide bonds. The van der Waals surface area contributed by atoms with E-state index in [-0.39, 0.29) is 18.0 Å². The normalized spacial score (nSPS) is 15.7. The maximum absolute atomic E-state index is 13.7. The van der Waals surface area contributed by atoms with Crippen molar-refractivity contribution in [1.82, 2.24) is 0 Å². The van der Waals surface area contributed by atoms with Gasteiger partial charge < -0.3 is 4.74 Å². The number of hydrogen-bond acceptors (Lipinski definition) is 3. The smallest absolute Gasteiger partial charge is 0.423 e. The SMILES string of the molecule is N#Cc1cccc(CN2C(=O)C(F)(F)Oc3ccccc32)c1. The van der Waals surface area contributed by atoms with Crippen LogP contribution in [0.5, 0.6) is 5.75 Å². The molecule has 0 saturated heterocycles. The highest BCUT2D eigenvalue weighted by Gasteiger charge is 2.50. The lowest BCUT2D eigenvalue weighted by atomic mass is 10.1. The lowest BCUT2D eigenvalue weighted by molar-refractivity contribution is -0.193. The van der Waals surface area contributed by atoms with Gasteiger partial charge in [-0.1, -0.05) is 24.3 Å². The van der Waals surface area contributed by atoms with Crippen LogP contribution < -0.4 is 9.64 Å². The lowest BCUT2D eigenvalue weighted by Gasteiger charge is -2.33. The number of anilines is 1. The minimum atomic E-state index is -3.90. The molecule has 0 unspecified atom stereocenters. The van der Waals surface area contributed by atoms with E-state index in [9.17, 15) is 13.6 Å². The van der Waals surface area contributed by atoms with E-state index in [1.54, 1.807) is 36.4 Å². The summed E-state index contributed by atoms with van der Waals surface area (Å²) in [5, 5.41) is 8.89. The number of carbonyl (C=O) groups is 1. The van der Waals surface area contributed by atoms with Crippen molar-refractivity contribution >= 4 is 11.6 Å². The Morgan fingerprint density at radius 1 is 1.18 bits per heavy atom. The third kappa shape index (κ3) is 2.37. The van der Waals surface area contributed by atoms with E-state index in [1.807, 2.05) is 6.07 Å². The molecule has 1 heterocycles. The van der Waals surface area contributed by atoms with Crippen LogP contribution in [0.3, 0.4) is 0 Å². The number of rotatable bonds is 2. The van der Waals surface area contributed by atoms with Crippen molar-refractivity contribution < 1.29 is 18.3 Å². The lowest BCUT2D eigenvalue weighted by Crippen LogP contribution is -2.50. The summed E-state index contributed by atoms with van der Waals surface area (Å²) in [6, 6.07) is 14.6. The molecule has 3 rings (SSSR count). The summed E-state index contributed by atoms with van der Waals surface area (Å²) in [7, 11) is 0. The zero-order valence-corrected chi connectivity index (χ0v) is 11.3. The average Bonchev–Trinajstić information content (AvgIpc) is 2.51. The van der Waals surface area contributed by atoms with Gasteiger partial charge in [0, 0.05) is 0 Å². The number of benzene rings is 2. The molecule has 1 aliphatic rings. The summed E-state index contributed by atoms with van der Waals surface area (Å²) in [6.07, 6.45) is -3.90. The molecule has 0 N–H and O–H groups in total. The molecular formula is C16H10F2N2O2. The third-order valence-electron chi connectivity index (χ3n) is 3.29. The molecule has 1 aliphatic heterocycles. The van der Waals surface area contributed by atoms with Crippen LogP contribution in [0.1, 0.15) is 11.1 Å². The van der Waals surface area contributed by atoms with Crippen molar-refractivity contribution in [2.24, 2.45) is 0 Å². The van der Waals surface area contributed by atoms with Crippen LogP contribution in [0.15, 0.2) is 48.5 Å². The van der Waals surface area contributed by atoms with E-state index in [0.29, 0.717) is 11.1 Å². The summed E-state index contributed by atoms with van der Waals surface area (Å²) >= 11 is 0. The molecule has 22 heavy (non-hydrogen) atoms. The maximum atomic E-state index is 13.7. The Morgan fingerprint density at radius 2 is 1.95 bits per heavy atom. The van der Waals surface area contributed by atoms with Crippen molar-refractivity contribution in [3.05, 3.63) is 59.7 Å². The fourth-order valence-corrected chi connectivity index (χ4v) is 2.29. The van der Waals surface area contributed by atoms with Gasteiger partial charge in [-0.3, -0.25) is 9.69 Å². The maximum Gasteiger partial charge on any atom is 0.482 e. The third-order valence-corrected chi connectivity index (χ3v) is 3.29. The first-order valence-corrected chi connectivity index (χ1v) is 6.48. The van der Waals surface area contributed by atoms with Gasteiger partial charge in [-0.05, 0) is 29.8 Å². The quantitative estimate of drug-likeness (QED) is 0.856. The Kier molecular flexibility index (Phi) is 3.26. The fourth-order valence-electron chi connectivity index (χ4n) is 2.29. The average molecular weight is 300 g/mol. The monoisotopic (exact) mass is 300 g/mol. The van der Waals surface area contributed by atoms with E-state index >= 15 is 0 Å². The number of fused-ring (bicyclic) bond motifs is 1. The van der Waals surface area contributed by atoms with Crippen molar-refractivity contribution in [2.75, 3.05) is 4.90 Å². The van der Waals surface area contributed by atoms with Crippen molar-refractivity contribution in [3.63, 3.8) is 0 Å². The van der Waals surface area contributed by atoms with Gasteiger partial charge in [0.15, 0.2) is 5.75 Å². The second kappa shape index (κ2) is 5.11. The minimum absolute atomic E-state index is 0.0523. The van der Waals surface area contributed by atoms with E-state index in [4.69, 9.17) is 5.26 Å². The predicted octanol–water partition coefficient (Wildman–Crippen LogP) is 3.08. The summed E-state index contributed by atoms with van der Waals surface area (Å²) in [6.45, 7) is -0.0652. The van der Waals surface area contributed by atoms with Crippen LogP contribution >= 0.6 is 0 Å². The Bertz CT molecular complexity index is 784. The van der Waals surface area contributed by atoms with E-state index in [1.165, 1.54) is 12.1 Å². The first-order chi connectivity index (χ1) is 10.5. The molecule has 0 atom stereocenters. The van der Waals surface area contributed by atoms with Gasteiger partial charge in [0.1, 0.15) is 0 Å². The number of hydrogen-bond donors (Lipinski definition) is 0. The number of nitriles is 1. The summed E-state index contributed by atoms with van der Waals surface area (Å²) < 4.78 is 31.9. The standard InChI is InChI=1S/C16H10F2N2O2/c17-16(18)15(21)20(13-6-1-2-7-14(13)22-16)10-12-5-3-4-11(8-12)9-19/h1-8H,10H2. The number of ether oxygens (including phenoxy) is 1. The van der Waals surface area contributed by atoms with E-state index in [2.05, 4.69) is 4.74 Å². The molecule has 110 valence electrons. The second-order valence-corrected chi connectivity index (χ2v) is 4.79. The van der Waals surface area contributed by atoms with E-state index in [0.717, 1.165) is 4.90 Å². The van der Waals surface area contributed by atoms with Gasteiger partial charge in [0.25, 0.3) is 0 Å². The fraction of sp³-hybridized carbons (Fsp3) is 0.125. The molecule has 2 aromatic rings. The van der Waals surface area contributed by atoms with Crippen LogP contribution in [0.25, 0.3) is 0 Å². The Labute approximate surface area is 125 Å². The zero-order valence-electron chi connectivity index (χ0n) is 11.3. The molecule has 0 radical (unpaired) electrons. The number of para-hydroxylation sites is 2. The second-order valence-electron chi connectivity index (χ2n) is 4.79. The molecule has 6 heteroatoms. The number of alkyl halides is 2. The predicted molar refractivity (Wildman–Crippen MR) is 74.4 cm³/mol. The van der Waals surface area contributed by atoms with Crippen LogP contribution in [-0.2, 0) is 11.3 Å². The molecule has 0 fully saturated rings. The number of nitrogens with zero attached hydrogens (tertiary/aromatic N) is 2. The highest BCUT2D eigenvalue weighted by molar-refractivity contribution is 6.00. The number of amides is 1. The van der Waals surface area contributed by atoms with Crippen molar-refractivity contribution in [1.29, 1.82) is 5.26 Å². The molecule has 0 spiro atoms. The first-order valence-electron chi connectivity index (χ1n) is 6.48. The minimum Gasteiger partial charge on any atom is -0.423 e. The van der Waals surface area contributed by atoms with Gasteiger partial charge >= 0.3 is 12.0 Å². The van der Waals surface area contributed by atoms with Crippen molar-refractivity contribution in [2.45, 2.75) is 12.7 Å². The van der Waals surface area contributed by atoms with Gasteiger partial charge in [0.2, 0.25) is 0 Å². The highest BCUT2D eigenvalue weighted by atomic mass is 19.3. The molecule has 0 saturated carbocycles. The van der Waals surface area contributed by atoms with Gasteiger partial charge in [-0.2, -0.15) is 14.0 Å². The number of carbonyl (C=O) groups excluding carboxylic acids is 1. The van der Waals surface area contributed by atoms with Gasteiger partial charge in [-0.25, -0.2) is 0 Å². The molecule has 2 aromatic carbocycles. The molecule has 4 nitrogen and oxygen atoms in total. The zero-order chi connectivity index (χ0) is 15.7. The topological polar surface area (TPSA) is 53.3 Å². The van der Waals surface area contributed by atoms with Crippen LogP contribution in [0.4, 0.5) is 14.5 Å². The summed E-state index contributed by atoms with van der Waals surface area (Å²) in [5.74, 6) is -1.47. The molecule has 0 aromatic heterocycles. The summed E-state index contributed by atoms with van der Waals surface area (Å²) in [5.41, 5.74) is 1.26. The highest BCUT2D eigenvalue weighted by Crippen LogP contribution is 2.39. The van der Waals surface area contributed by atoms with Crippen LogP contribution in [0, 0.1) is 11.3 Å². The molecular weight excluding hydrogens is 290 g/mol. The van der Waals surface area contributed by atoms with Crippen LogP contribution in [0.2, 0.25) is 0 Å². The van der Waals surface area contributed by atoms with Gasteiger partial charge in [0.05, 0.1) is 23.9 Å². The molecule has 0 bridgehead atoms. The Morgan fingerprint density at radius 3 is 2.73 bits per heavy atom. The Hall–Kier alpha value is -2.94. The Balaban J connectivity index is 2.01.